The Morgan fingerprint density at radius 3 is 2.83 bits per heavy atom. The second-order valence-corrected chi connectivity index (χ2v) is 10.0. The molecule has 7 heteroatoms. The maximum atomic E-state index is 12.3. The van der Waals surface area contributed by atoms with E-state index >= 15 is 0 Å². The molecule has 2 aromatic rings. The van der Waals surface area contributed by atoms with Gasteiger partial charge >= 0.3 is 0 Å². The Labute approximate surface area is 192 Å². The van der Waals surface area contributed by atoms with Crippen molar-refractivity contribution < 1.29 is 9.53 Å². The zero-order chi connectivity index (χ0) is 21.5. The third-order valence-corrected chi connectivity index (χ3v) is 7.27. The number of halogens is 1. The molecule has 1 fully saturated rings. The van der Waals surface area contributed by atoms with Gasteiger partial charge < -0.3 is 10.1 Å². The molecule has 1 amide bonds. The first kappa shape index (κ1) is 23.2. The molecule has 0 bridgehead atoms. The van der Waals surface area contributed by atoms with Gasteiger partial charge in [-0.05, 0) is 85.2 Å². The molecule has 1 aromatic carbocycles. The van der Waals surface area contributed by atoms with Crippen LogP contribution in [0, 0.1) is 12.8 Å². The second-order valence-electron chi connectivity index (χ2n) is 8.10. The molecule has 0 radical (unpaired) electrons. The van der Waals surface area contributed by atoms with Crippen LogP contribution in [0.5, 0.6) is 5.75 Å². The number of aromatic nitrogens is 1. The minimum atomic E-state index is -0.00825. The van der Waals surface area contributed by atoms with Gasteiger partial charge in [-0.15, -0.1) is 11.3 Å². The number of aryl methyl sites for hydroxylation is 2. The van der Waals surface area contributed by atoms with Gasteiger partial charge in [0.2, 0.25) is 5.91 Å². The largest absolute Gasteiger partial charge is 0.492 e. The van der Waals surface area contributed by atoms with Crippen molar-refractivity contribution in [2.24, 2.45) is 5.92 Å². The smallest absolute Gasteiger partial charge is 0.226 e. The highest BCUT2D eigenvalue weighted by atomic mass is 79.9. The lowest BCUT2D eigenvalue weighted by atomic mass is 9.99. The molecular formula is C23H32BrN3O2S. The van der Waals surface area contributed by atoms with Crippen molar-refractivity contribution in [3.63, 3.8) is 0 Å². The summed E-state index contributed by atoms with van der Waals surface area (Å²) in [5.41, 5.74) is 2.29. The van der Waals surface area contributed by atoms with E-state index < -0.39 is 0 Å². The van der Waals surface area contributed by atoms with Crippen LogP contribution in [0.2, 0.25) is 0 Å². The highest BCUT2D eigenvalue weighted by Crippen LogP contribution is 2.27. The molecule has 0 saturated carbocycles. The molecule has 3 rings (SSSR count). The van der Waals surface area contributed by atoms with E-state index in [-0.39, 0.29) is 5.91 Å². The monoisotopic (exact) mass is 493 g/mol. The van der Waals surface area contributed by atoms with Crippen molar-refractivity contribution in [3.8, 4) is 5.75 Å². The molecule has 1 aromatic heterocycles. The normalized spacial score (nSPS) is 15.3. The number of piperidine rings is 1. The highest BCUT2D eigenvalue weighted by Gasteiger charge is 2.18. The van der Waals surface area contributed by atoms with Crippen LogP contribution in [0.3, 0.4) is 0 Å². The van der Waals surface area contributed by atoms with Crippen molar-refractivity contribution in [3.05, 3.63) is 38.8 Å². The van der Waals surface area contributed by atoms with Gasteiger partial charge in [0.05, 0.1) is 16.8 Å². The van der Waals surface area contributed by atoms with E-state index in [1.807, 2.05) is 13.0 Å². The van der Waals surface area contributed by atoms with Crippen LogP contribution >= 0.6 is 27.3 Å². The average Bonchev–Trinajstić information content (AvgIpc) is 3.06. The fourth-order valence-corrected chi connectivity index (χ4v) is 5.09. The number of benzene rings is 1. The molecule has 2 heterocycles. The zero-order valence-corrected chi connectivity index (χ0v) is 20.6. The topological polar surface area (TPSA) is 54.5 Å². The lowest BCUT2D eigenvalue weighted by Crippen LogP contribution is -2.32. The fourth-order valence-electron chi connectivity index (χ4n) is 3.53. The zero-order valence-electron chi connectivity index (χ0n) is 18.2. The van der Waals surface area contributed by atoms with Crippen molar-refractivity contribution in [1.29, 1.82) is 0 Å². The highest BCUT2D eigenvalue weighted by molar-refractivity contribution is 9.10. The molecule has 0 unspecified atom stereocenters. The van der Waals surface area contributed by atoms with Gasteiger partial charge in [0.15, 0.2) is 5.13 Å². The molecule has 1 aliphatic rings. The van der Waals surface area contributed by atoms with Gasteiger partial charge in [0, 0.05) is 17.8 Å². The number of hydrogen-bond acceptors (Lipinski definition) is 5. The quantitative estimate of drug-likeness (QED) is 0.448. The van der Waals surface area contributed by atoms with E-state index in [0.717, 1.165) is 47.9 Å². The first-order valence-corrected chi connectivity index (χ1v) is 12.4. The molecule has 1 aliphatic heterocycles. The number of anilines is 1. The maximum absolute atomic E-state index is 12.3. The standard InChI is InChI=1S/C23H32BrN3O2S/c1-4-18-7-8-20(19(24)14-18)29-13-5-6-22(28)26-23-25-17(3)21(30-23)15-27-11-9-16(2)10-12-27/h7-8,14,16H,4-6,9-13,15H2,1-3H3,(H,25,26,28). The summed E-state index contributed by atoms with van der Waals surface area (Å²) in [5, 5.41) is 3.66. The molecule has 30 heavy (non-hydrogen) atoms. The molecule has 0 atom stereocenters. The lowest BCUT2D eigenvalue weighted by molar-refractivity contribution is -0.116. The van der Waals surface area contributed by atoms with Crippen LogP contribution in [-0.4, -0.2) is 35.5 Å². The summed E-state index contributed by atoms with van der Waals surface area (Å²) >= 11 is 5.15. The van der Waals surface area contributed by atoms with Crippen LogP contribution in [-0.2, 0) is 17.8 Å². The van der Waals surface area contributed by atoms with Gasteiger partial charge in [0.1, 0.15) is 5.75 Å². The summed E-state index contributed by atoms with van der Waals surface area (Å²) in [4.78, 5) is 20.6. The van der Waals surface area contributed by atoms with Gasteiger partial charge in [0.25, 0.3) is 0 Å². The molecule has 5 nitrogen and oxygen atoms in total. The molecule has 0 spiro atoms. The summed E-state index contributed by atoms with van der Waals surface area (Å²) in [6.07, 6.45) is 4.61. The number of hydrogen-bond donors (Lipinski definition) is 1. The molecule has 1 N–H and O–H groups in total. The van der Waals surface area contributed by atoms with Gasteiger partial charge in [-0.25, -0.2) is 4.98 Å². The van der Waals surface area contributed by atoms with Crippen LogP contribution in [0.25, 0.3) is 0 Å². The SMILES string of the molecule is CCc1ccc(OCCCC(=O)Nc2nc(C)c(CN3CCC(C)CC3)s2)c(Br)c1. The summed E-state index contributed by atoms with van der Waals surface area (Å²) in [6, 6.07) is 6.13. The predicted molar refractivity (Wildman–Crippen MR) is 127 cm³/mol. The fraction of sp³-hybridized carbons (Fsp3) is 0.565. The number of carbonyl (C=O) groups is 1. The van der Waals surface area contributed by atoms with E-state index in [2.05, 4.69) is 57.1 Å². The van der Waals surface area contributed by atoms with Crippen molar-refractivity contribution in [2.45, 2.75) is 59.4 Å². The first-order chi connectivity index (χ1) is 14.4. The average molecular weight is 494 g/mol. The van der Waals surface area contributed by atoms with Crippen LogP contribution in [0.15, 0.2) is 22.7 Å². The van der Waals surface area contributed by atoms with Crippen LogP contribution < -0.4 is 10.1 Å². The number of ether oxygens (including phenoxy) is 1. The minimum Gasteiger partial charge on any atom is -0.492 e. The Morgan fingerprint density at radius 2 is 2.13 bits per heavy atom. The summed E-state index contributed by atoms with van der Waals surface area (Å²) in [5.74, 6) is 1.64. The third kappa shape index (κ3) is 6.79. The van der Waals surface area contributed by atoms with Gasteiger partial charge in [-0.3, -0.25) is 9.69 Å². The van der Waals surface area contributed by atoms with Crippen LogP contribution in [0.1, 0.15) is 55.7 Å². The van der Waals surface area contributed by atoms with Gasteiger partial charge in [-0.1, -0.05) is 19.9 Å². The van der Waals surface area contributed by atoms with Gasteiger partial charge in [-0.2, -0.15) is 0 Å². The Bertz CT molecular complexity index is 847. The second kappa shape index (κ2) is 11.3. The van der Waals surface area contributed by atoms with Crippen molar-refractivity contribution in [2.75, 3.05) is 25.0 Å². The van der Waals surface area contributed by atoms with E-state index in [9.17, 15) is 4.79 Å². The molecule has 0 aliphatic carbocycles. The van der Waals surface area contributed by atoms with E-state index in [0.29, 0.717) is 24.6 Å². The molecule has 164 valence electrons. The predicted octanol–water partition coefficient (Wildman–Crippen LogP) is 5.81. The third-order valence-electron chi connectivity index (χ3n) is 5.59. The number of nitrogens with zero attached hydrogens (tertiary/aromatic N) is 2. The number of thiazole rings is 1. The number of rotatable bonds is 9. The van der Waals surface area contributed by atoms with E-state index in [1.165, 1.54) is 23.3 Å². The number of carbonyl (C=O) groups excluding carboxylic acids is 1. The van der Waals surface area contributed by atoms with E-state index in [4.69, 9.17) is 4.74 Å². The van der Waals surface area contributed by atoms with Crippen molar-refractivity contribution >= 4 is 38.3 Å². The Hall–Kier alpha value is -1.44. The van der Waals surface area contributed by atoms with Crippen LogP contribution in [0.4, 0.5) is 5.13 Å². The van der Waals surface area contributed by atoms with E-state index in [1.54, 1.807) is 11.3 Å². The summed E-state index contributed by atoms with van der Waals surface area (Å²) in [6.45, 7) is 10.2. The number of likely N-dealkylation sites (tertiary alicyclic amines) is 1. The molecular weight excluding hydrogens is 462 g/mol. The Kier molecular flexibility index (Phi) is 8.72. The lowest BCUT2D eigenvalue weighted by Gasteiger charge is -2.29. The van der Waals surface area contributed by atoms with Crippen molar-refractivity contribution in [1.82, 2.24) is 9.88 Å². The molecule has 1 saturated heterocycles. The number of nitrogens with one attached hydrogen (secondary N) is 1. The Balaban J connectivity index is 1.40. The number of amides is 1. The minimum absolute atomic E-state index is 0.00825. The Morgan fingerprint density at radius 1 is 1.37 bits per heavy atom. The summed E-state index contributed by atoms with van der Waals surface area (Å²) in [7, 11) is 0. The first-order valence-electron chi connectivity index (χ1n) is 10.8. The summed E-state index contributed by atoms with van der Waals surface area (Å²) < 4.78 is 6.77. The maximum Gasteiger partial charge on any atom is 0.226 e.